The SMILES string of the molecule is Nc1nc(=O)[nH]c(=O)[nH]1.Nc1nc(N)[nH]c(=O)n1. The third-order valence-corrected chi connectivity index (χ3v) is 1.37. The Morgan fingerprint density at radius 2 is 1.28 bits per heavy atom. The molecule has 0 spiro atoms. The predicted octanol–water partition coefficient (Wildman–Crippen LogP) is -3.63. The highest BCUT2D eigenvalue weighted by atomic mass is 16.2. The molecule has 0 unspecified atom stereocenters. The maximum absolute atomic E-state index is 10.3. The van der Waals surface area contributed by atoms with Gasteiger partial charge in [-0.2, -0.15) is 15.0 Å². The van der Waals surface area contributed by atoms with Crippen LogP contribution in [0.5, 0.6) is 0 Å². The lowest BCUT2D eigenvalue weighted by atomic mass is 10.9. The molecule has 0 atom stereocenters. The second kappa shape index (κ2) is 5.24. The highest BCUT2D eigenvalue weighted by molar-refractivity contribution is 5.22. The van der Waals surface area contributed by atoms with Crippen molar-refractivity contribution < 1.29 is 0 Å². The Labute approximate surface area is 97.3 Å². The van der Waals surface area contributed by atoms with E-state index in [-0.39, 0.29) is 17.8 Å². The van der Waals surface area contributed by atoms with E-state index in [1.54, 1.807) is 0 Å². The summed E-state index contributed by atoms with van der Waals surface area (Å²) in [6.07, 6.45) is 0. The zero-order chi connectivity index (χ0) is 13.7. The van der Waals surface area contributed by atoms with Crippen LogP contribution in [-0.4, -0.2) is 29.9 Å². The van der Waals surface area contributed by atoms with Gasteiger partial charge in [-0.05, 0) is 0 Å². The average Bonchev–Trinajstić information content (AvgIpc) is 2.12. The summed E-state index contributed by atoms with van der Waals surface area (Å²) in [5, 5.41) is 0. The molecule has 96 valence electrons. The van der Waals surface area contributed by atoms with Crippen molar-refractivity contribution in [1.29, 1.82) is 0 Å². The number of nitrogens with zero attached hydrogens (tertiary/aromatic N) is 3. The fourth-order valence-corrected chi connectivity index (χ4v) is 0.828. The van der Waals surface area contributed by atoms with Crippen molar-refractivity contribution in [2.75, 3.05) is 17.2 Å². The van der Waals surface area contributed by atoms with Crippen molar-refractivity contribution in [2.24, 2.45) is 0 Å². The second-order valence-corrected chi connectivity index (χ2v) is 2.78. The molecule has 0 bridgehead atoms. The predicted molar refractivity (Wildman–Crippen MR) is 61.4 cm³/mol. The van der Waals surface area contributed by atoms with E-state index in [0.29, 0.717) is 0 Å². The van der Waals surface area contributed by atoms with Gasteiger partial charge in [-0.15, -0.1) is 0 Å². The quantitative estimate of drug-likeness (QED) is 0.273. The van der Waals surface area contributed by atoms with E-state index in [2.05, 4.69) is 24.9 Å². The second-order valence-electron chi connectivity index (χ2n) is 2.78. The smallest absolute Gasteiger partial charge is 0.352 e. The number of hydrogen-bond acceptors (Lipinski definition) is 9. The first-order valence-corrected chi connectivity index (χ1v) is 4.32. The van der Waals surface area contributed by atoms with Gasteiger partial charge < -0.3 is 17.2 Å². The van der Waals surface area contributed by atoms with Gasteiger partial charge in [0.2, 0.25) is 17.8 Å². The molecule has 12 heteroatoms. The molecule has 2 aromatic heterocycles. The number of H-pyrrole nitrogens is 3. The number of aromatic amines is 3. The van der Waals surface area contributed by atoms with E-state index >= 15 is 0 Å². The van der Waals surface area contributed by atoms with Gasteiger partial charge in [0.1, 0.15) is 0 Å². The number of hydrogen-bond donors (Lipinski definition) is 6. The number of rotatable bonds is 0. The monoisotopic (exact) mass is 255 g/mol. The summed E-state index contributed by atoms with van der Waals surface area (Å²) in [6, 6.07) is 0. The van der Waals surface area contributed by atoms with Crippen LogP contribution < -0.4 is 34.3 Å². The summed E-state index contributed by atoms with van der Waals surface area (Å²) in [7, 11) is 0. The van der Waals surface area contributed by atoms with Crippen molar-refractivity contribution >= 4 is 17.8 Å². The maximum atomic E-state index is 10.3. The standard InChI is InChI=1S/C3H5N5O.C3H4N4O2/c4-1-6-2(5)8-3(9)7-1;4-1-5-2(8)7-3(9)6-1/h(H5,4,5,6,7,8,9);(H4,4,5,6,7,8,9). The molecule has 0 fully saturated rings. The first-order valence-electron chi connectivity index (χ1n) is 4.32. The van der Waals surface area contributed by atoms with E-state index in [1.807, 2.05) is 4.98 Å². The number of nitrogen functional groups attached to an aromatic ring is 3. The van der Waals surface area contributed by atoms with Crippen LogP contribution in [-0.2, 0) is 0 Å². The molecule has 9 N–H and O–H groups in total. The lowest BCUT2D eigenvalue weighted by Gasteiger charge is -1.89. The maximum Gasteiger partial charge on any atom is 0.352 e. The van der Waals surface area contributed by atoms with Crippen molar-refractivity contribution in [3.05, 3.63) is 31.5 Å². The Balaban J connectivity index is 0.000000180. The third-order valence-electron chi connectivity index (χ3n) is 1.37. The van der Waals surface area contributed by atoms with Gasteiger partial charge in [-0.1, -0.05) is 0 Å². The van der Waals surface area contributed by atoms with Gasteiger partial charge in [0, 0.05) is 0 Å². The lowest BCUT2D eigenvalue weighted by Crippen LogP contribution is -2.25. The van der Waals surface area contributed by atoms with Crippen molar-refractivity contribution in [2.45, 2.75) is 0 Å². The Hall–Kier alpha value is -3.18. The molecule has 0 radical (unpaired) electrons. The van der Waals surface area contributed by atoms with E-state index in [0.717, 1.165) is 0 Å². The molecular weight excluding hydrogens is 246 g/mol. The van der Waals surface area contributed by atoms with E-state index in [4.69, 9.17) is 17.2 Å². The molecule has 0 aliphatic rings. The topological polar surface area (TPSA) is 215 Å². The zero-order valence-electron chi connectivity index (χ0n) is 8.80. The van der Waals surface area contributed by atoms with Crippen LogP contribution in [0.25, 0.3) is 0 Å². The fourth-order valence-electron chi connectivity index (χ4n) is 0.828. The molecule has 12 nitrogen and oxygen atoms in total. The van der Waals surface area contributed by atoms with Crippen LogP contribution in [0.4, 0.5) is 17.8 Å². The van der Waals surface area contributed by atoms with Gasteiger partial charge >= 0.3 is 17.1 Å². The van der Waals surface area contributed by atoms with Crippen LogP contribution in [0.1, 0.15) is 0 Å². The Morgan fingerprint density at radius 3 is 1.72 bits per heavy atom. The minimum Gasteiger partial charge on any atom is -0.369 e. The molecule has 18 heavy (non-hydrogen) atoms. The van der Waals surface area contributed by atoms with Crippen molar-refractivity contribution in [3.8, 4) is 0 Å². The van der Waals surface area contributed by atoms with E-state index in [9.17, 15) is 14.4 Å². The van der Waals surface area contributed by atoms with Gasteiger partial charge in [0.15, 0.2) is 0 Å². The summed E-state index contributed by atoms with van der Waals surface area (Å²) in [4.78, 5) is 46.7. The highest BCUT2D eigenvalue weighted by Crippen LogP contribution is 1.85. The number of aromatic nitrogens is 6. The summed E-state index contributed by atoms with van der Waals surface area (Å²) in [5.74, 6) is -0.312. The van der Waals surface area contributed by atoms with Crippen LogP contribution in [0, 0.1) is 0 Å². The fraction of sp³-hybridized carbons (Fsp3) is 0. The third kappa shape index (κ3) is 4.13. The Bertz CT molecular complexity index is 647. The molecule has 2 heterocycles. The van der Waals surface area contributed by atoms with Gasteiger partial charge in [-0.3, -0.25) is 15.0 Å². The number of nitrogens with two attached hydrogens (primary N) is 3. The first-order chi connectivity index (χ1) is 8.36. The van der Waals surface area contributed by atoms with E-state index < -0.39 is 17.1 Å². The molecule has 0 aromatic carbocycles. The van der Waals surface area contributed by atoms with Gasteiger partial charge in [0.05, 0.1) is 0 Å². The van der Waals surface area contributed by atoms with E-state index in [1.165, 1.54) is 0 Å². The van der Waals surface area contributed by atoms with Gasteiger partial charge in [-0.25, -0.2) is 14.4 Å². The molecule has 2 rings (SSSR count). The normalized spacial score (nSPS) is 9.33. The minimum atomic E-state index is -0.740. The van der Waals surface area contributed by atoms with Gasteiger partial charge in [0.25, 0.3) is 0 Å². The molecule has 0 aliphatic carbocycles. The number of anilines is 3. The van der Waals surface area contributed by atoms with Crippen LogP contribution in [0.3, 0.4) is 0 Å². The van der Waals surface area contributed by atoms with Crippen LogP contribution in [0.2, 0.25) is 0 Å². The summed E-state index contributed by atoms with van der Waals surface area (Å²) < 4.78 is 0. The summed E-state index contributed by atoms with van der Waals surface area (Å²) >= 11 is 0. The van der Waals surface area contributed by atoms with Crippen LogP contribution >= 0.6 is 0 Å². The highest BCUT2D eigenvalue weighted by Gasteiger charge is 1.91. The van der Waals surface area contributed by atoms with Crippen molar-refractivity contribution in [3.63, 3.8) is 0 Å². The lowest BCUT2D eigenvalue weighted by molar-refractivity contribution is 0.947. The Kier molecular flexibility index (Phi) is 3.75. The van der Waals surface area contributed by atoms with Crippen molar-refractivity contribution in [1.82, 2.24) is 29.9 Å². The molecule has 0 aliphatic heterocycles. The van der Waals surface area contributed by atoms with Crippen LogP contribution in [0.15, 0.2) is 14.4 Å². The molecule has 0 amide bonds. The zero-order valence-corrected chi connectivity index (χ0v) is 8.80. The molecule has 0 saturated carbocycles. The molecular formula is C6H9N9O3. The average molecular weight is 255 g/mol. The summed E-state index contributed by atoms with van der Waals surface area (Å²) in [6.45, 7) is 0. The minimum absolute atomic E-state index is 0.0208. The Morgan fingerprint density at radius 1 is 0.722 bits per heavy atom. The molecule has 0 saturated heterocycles. The molecule has 2 aromatic rings. The first kappa shape index (κ1) is 12.9. The number of nitrogens with one attached hydrogen (secondary N) is 3. The largest absolute Gasteiger partial charge is 0.369 e. The summed E-state index contributed by atoms with van der Waals surface area (Å²) in [5.41, 5.74) is 13.1.